The zero-order valence-electron chi connectivity index (χ0n) is 14.2. The van der Waals surface area contributed by atoms with E-state index in [1.807, 2.05) is 40.6 Å². The molecule has 0 unspecified atom stereocenters. The van der Waals surface area contributed by atoms with E-state index >= 15 is 0 Å². The molecule has 3 heterocycles. The minimum Gasteiger partial charge on any atom is -0.381 e. The molecule has 1 saturated heterocycles. The van der Waals surface area contributed by atoms with Gasteiger partial charge in [0.2, 0.25) is 0 Å². The highest BCUT2D eigenvalue weighted by atomic mass is 32.1. The molecule has 3 aromatic rings. The van der Waals surface area contributed by atoms with E-state index in [1.165, 1.54) is 11.2 Å². The molecule has 1 fully saturated rings. The molecule has 1 amide bonds. The standard InChI is InChI=1S/C18H19N5O2S/c24-18(14-3-1-4-16(11-14)23-13-19-20-21-23)22(12-17-5-2-10-26-17)15-6-8-25-9-7-15/h1-5,10-11,13,15H,6-9,12H2. The summed E-state index contributed by atoms with van der Waals surface area (Å²) in [5, 5.41) is 13.3. The summed E-state index contributed by atoms with van der Waals surface area (Å²) in [5.41, 5.74) is 1.41. The van der Waals surface area contributed by atoms with Crippen molar-refractivity contribution < 1.29 is 9.53 Å². The van der Waals surface area contributed by atoms with Gasteiger partial charge >= 0.3 is 0 Å². The van der Waals surface area contributed by atoms with Crippen LogP contribution in [0, 0.1) is 0 Å². The third-order valence-corrected chi connectivity index (χ3v) is 5.37. The van der Waals surface area contributed by atoms with Crippen LogP contribution in [0.25, 0.3) is 5.69 Å². The molecule has 0 atom stereocenters. The summed E-state index contributed by atoms with van der Waals surface area (Å²) in [6.07, 6.45) is 3.25. The molecule has 0 radical (unpaired) electrons. The zero-order chi connectivity index (χ0) is 17.8. The number of hydrogen-bond donors (Lipinski definition) is 0. The number of aromatic nitrogens is 4. The minimum atomic E-state index is 0.0280. The Balaban J connectivity index is 1.62. The van der Waals surface area contributed by atoms with Crippen molar-refractivity contribution in [3.63, 3.8) is 0 Å². The number of hydrogen-bond acceptors (Lipinski definition) is 6. The summed E-state index contributed by atoms with van der Waals surface area (Å²) in [6, 6.07) is 11.7. The van der Waals surface area contributed by atoms with E-state index in [0.717, 1.165) is 18.5 Å². The van der Waals surface area contributed by atoms with Crippen LogP contribution >= 0.6 is 11.3 Å². The van der Waals surface area contributed by atoms with Gasteiger partial charge in [0.25, 0.3) is 5.91 Å². The van der Waals surface area contributed by atoms with E-state index < -0.39 is 0 Å². The van der Waals surface area contributed by atoms with Crippen LogP contribution in [0.5, 0.6) is 0 Å². The molecule has 1 aliphatic heterocycles. The molecule has 134 valence electrons. The van der Waals surface area contributed by atoms with Crippen molar-refractivity contribution >= 4 is 17.2 Å². The summed E-state index contributed by atoms with van der Waals surface area (Å²) in [4.78, 5) is 16.5. The quantitative estimate of drug-likeness (QED) is 0.691. The number of carbonyl (C=O) groups is 1. The molecule has 1 aliphatic rings. The lowest BCUT2D eigenvalue weighted by molar-refractivity contribution is 0.0270. The third kappa shape index (κ3) is 3.66. The lowest BCUT2D eigenvalue weighted by Gasteiger charge is -2.34. The van der Waals surface area contributed by atoms with Gasteiger partial charge in [-0.2, -0.15) is 0 Å². The van der Waals surface area contributed by atoms with Gasteiger partial charge in [0.15, 0.2) is 0 Å². The number of ether oxygens (including phenoxy) is 1. The van der Waals surface area contributed by atoms with Gasteiger partial charge in [0, 0.05) is 29.7 Å². The van der Waals surface area contributed by atoms with E-state index in [0.29, 0.717) is 25.3 Å². The number of tetrazole rings is 1. The lowest BCUT2D eigenvalue weighted by Crippen LogP contribution is -2.42. The van der Waals surface area contributed by atoms with Crippen molar-refractivity contribution in [3.05, 3.63) is 58.5 Å². The Morgan fingerprint density at radius 1 is 1.27 bits per heavy atom. The van der Waals surface area contributed by atoms with Gasteiger partial charge in [0.1, 0.15) is 6.33 Å². The Bertz CT molecular complexity index is 844. The highest BCUT2D eigenvalue weighted by Gasteiger charge is 2.27. The van der Waals surface area contributed by atoms with Crippen LogP contribution in [0.1, 0.15) is 28.1 Å². The van der Waals surface area contributed by atoms with Crippen LogP contribution in [0.4, 0.5) is 0 Å². The fourth-order valence-corrected chi connectivity index (χ4v) is 3.86. The van der Waals surface area contributed by atoms with Crippen molar-refractivity contribution in [2.75, 3.05) is 13.2 Å². The Morgan fingerprint density at radius 3 is 2.88 bits per heavy atom. The Morgan fingerprint density at radius 2 is 2.15 bits per heavy atom. The Hall–Kier alpha value is -2.58. The second kappa shape index (κ2) is 7.76. The highest BCUT2D eigenvalue weighted by Crippen LogP contribution is 2.23. The highest BCUT2D eigenvalue weighted by molar-refractivity contribution is 7.09. The molecular weight excluding hydrogens is 350 g/mol. The lowest BCUT2D eigenvalue weighted by atomic mass is 10.0. The van der Waals surface area contributed by atoms with Crippen LogP contribution in [0.2, 0.25) is 0 Å². The normalized spacial score (nSPS) is 15.1. The van der Waals surface area contributed by atoms with Gasteiger partial charge in [0.05, 0.1) is 12.2 Å². The largest absolute Gasteiger partial charge is 0.381 e. The van der Waals surface area contributed by atoms with Crippen molar-refractivity contribution in [3.8, 4) is 5.69 Å². The molecular formula is C18H19N5O2S. The number of benzene rings is 1. The molecule has 0 spiro atoms. The molecule has 2 aromatic heterocycles. The number of amides is 1. The zero-order valence-corrected chi connectivity index (χ0v) is 15.0. The monoisotopic (exact) mass is 369 g/mol. The van der Waals surface area contributed by atoms with Gasteiger partial charge < -0.3 is 9.64 Å². The summed E-state index contributed by atoms with van der Waals surface area (Å²) in [6.45, 7) is 2.02. The third-order valence-electron chi connectivity index (χ3n) is 4.51. The maximum Gasteiger partial charge on any atom is 0.254 e. The predicted octanol–water partition coefficient (Wildman–Crippen LogP) is 2.55. The van der Waals surface area contributed by atoms with Crippen LogP contribution in [0.3, 0.4) is 0 Å². The molecule has 7 nitrogen and oxygen atoms in total. The SMILES string of the molecule is O=C(c1cccc(-n2cnnn2)c1)N(Cc1cccs1)C1CCOCC1. The van der Waals surface area contributed by atoms with Gasteiger partial charge in [-0.05, 0) is 52.9 Å². The molecule has 0 saturated carbocycles. The predicted molar refractivity (Wildman–Crippen MR) is 97.2 cm³/mol. The topological polar surface area (TPSA) is 73.1 Å². The van der Waals surface area contributed by atoms with Crippen LogP contribution in [-0.4, -0.2) is 50.3 Å². The smallest absolute Gasteiger partial charge is 0.254 e. The van der Waals surface area contributed by atoms with Crippen molar-refractivity contribution in [2.45, 2.75) is 25.4 Å². The second-order valence-corrected chi connectivity index (χ2v) is 7.19. The van der Waals surface area contributed by atoms with E-state index in [1.54, 1.807) is 16.0 Å². The molecule has 26 heavy (non-hydrogen) atoms. The van der Waals surface area contributed by atoms with Gasteiger partial charge in [-0.1, -0.05) is 12.1 Å². The minimum absolute atomic E-state index is 0.0280. The number of carbonyl (C=O) groups excluding carboxylic acids is 1. The first-order valence-electron chi connectivity index (χ1n) is 8.56. The fourth-order valence-electron chi connectivity index (χ4n) is 3.16. The van der Waals surface area contributed by atoms with E-state index in [9.17, 15) is 4.79 Å². The Labute approximate surface area is 155 Å². The first-order valence-corrected chi connectivity index (χ1v) is 9.44. The second-order valence-electron chi connectivity index (χ2n) is 6.16. The van der Waals surface area contributed by atoms with E-state index in [-0.39, 0.29) is 11.9 Å². The number of rotatable bonds is 5. The molecule has 0 bridgehead atoms. The van der Waals surface area contributed by atoms with Crippen molar-refractivity contribution in [2.24, 2.45) is 0 Å². The molecule has 0 N–H and O–H groups in total. The summed E-state index contributed by atoms with van der Waals surface area (Å²) < 4.78 is 7.03. The van der Waals surface area contributed by atoms with E-state index in [4.69, 9.17) is 4.74 Å². The van der Waals surface area contributed by atoms with Gasteiger partial charge in [-0.25, -0.2) is 4.68 Å². The van der Waals surface area contributed by atoms with Crippen LogP contribution in [0.15, 0.2) is 48.1 Å². The Kier molecular flexibility index (Phi) is 5.03. The molecule has 8 heteroatoms. The fraction of sp³-hybridized carbons (Fsp3) is 0.333. The first kappa shape index (κ1) is 16.9. The van der Waals surface area contributed by atoms with Crippen molar-refractivity contribution in [1.82, 2.24) is 25.1 Å². The number of nitrogens with zero attached hydrogens (tertiary/aromatic N) is 5. The van der Waals surface area contributed by atoms with Crippen molar-refractivity contribution in [1.29, 1.82) is 0 Å². The summed E-state index contributed by atoms with van der Waals surface area (Å²) in [7, 11) is 0. The van der Waals surface area contributed by atoms with Gasteiger partial charge in [-0.15, -0.1) is 16.4 Å². The average molecular weight is 369 g/mol. The van der Waals surface area contributed by atoms with Crippen LogP contribution in [-0.2, 0) is 11.3 Å². The number of thiophene rings is 1. The van der Waals surface area contributed by atoms with Crippen LogP contribution < -0.4 is 0 Å². The maximum absolute atomic E-state index is 13.3. The summed E-state index contributed by atoms with van der Waals surface area (Å²) >= 11 is 1.67. The first-order chi connectivity index (χ1) is 12.8. The van der Waals surface area contributed by atoms with Gasteiger partial charge in [-0.3, -0.25) is 4.79 Å². The molecule has 1 aromatic carbocycles. The molecule has 4 rings (SSSR count). The summed E-state index contributed by atoms with van der Waals surface area (Å²) in [5.74, 6) is 0.0280. The molecule has 0 aliphatic carbocycles. The van der Waals surface area contributed by atoms with E-state index in [2.05, 4.69) is 21.6 Å². The maximum atomic E-state index is 13.3. The average Bonchev–Trinajstić information content (AvgIpc) is 3.40.